The van der Waals surface area contributed by atoms with Crippen molar-refractivity contribution in [3.8, 4) is 17.4 Å². The summed E-state index contributed by atoms with van der Waals surface area (Å²) in [6.07, 6.45) is 10.3. The molecule has 59 heavy (non-hydrogen) atoms. The van der Waals surface area contributed by atoms with Crippen molar-refractivity contribution in [1.29, 1.82) is 0 Å². The number of carbonyl (C=O) groups excluding carboxylic acids is 4. The first-order valence-corrected chi connectivity index (χ1v) is 23.1. The number of aromatic nitrogens is 1. The minimum absolute atomic E-state index is 0.00148. The molecule has 7 atom stereocenters. The summed E-state index contributed by atoms with van der Waals surface area (Å²) in [7, 11) is -2.28. The van der Waals surface area contributed by atoms with Gasteiger partial charge in [0.15, 0.2) is 0 Å². The van der Waals surface area contributed by atoms with Crippen LogP contribution >= 0.6 is 0 Å². The standard InChI is InChI=1S/C43H57N5O10S/c1-4-28-23-43(28,41(51)47-59(53,54)30-17-18-30)46-39(49)33-20-29-24-48(33)40(50)38(26-11-7-6-8-12-26)45-42(52)58-34-16-10-14-25(34)13-9-15-27-19-31-32(21-35(27)55-3)44-37(56-5-2)22-36(31)57-29/h4,19,21-22,25-26,28-30,33-34,38H,1,5-18,20,23-24H2,2-3H3,(H,45,52)(H,46,49)(H,47,51)/t25-,28+,29-,33+,34+,38+,43-/m1/s1. The lowest BCUT2D eigenvalue weighted by molar-refractivity contribution is -0.142. The van der Waals surface area contributed by atoms with Crippen LogP contribution in [0.4, 0.5) is 4.79 Å². The number of nitrogens with one attached hydrogen (secondary N) is 3. The Morgan fingerprint density at radius 1 is 1.02 bits per heavy atom. The Kier molecular flexibility index (Phi) is 11.7. The number of nitrogens with zero attached hydrogens (tertiary/aromatic N) is 2. The maximum Gasteiger partial charge on any atom is 0.408 e. The zero-order valence-corrected chi connectivity index (χ0v) is 34.9. The summed E-state index contributed by atoms with van der Waals surface area (Å²) in [5.41, 5.74) is 0.0187. The summed E-state index contributed by atoms with van der Waals surface area (Å²) in [6, 6.07) is 3.54. The largest absolute Gasteiger partial charge is 0.496 e. The molecule has 0 radical (unpaired) electrons. The Morgan fingerprint density at radius 3 is 2.49 bits per heavy atom. The van der Waals surface area contributed by atoms with Crippen molar-refractivity contribution in [2.24, 2.45) is 17.8 Å². The van der Waals surface area contributed by atoms with Crippen LogP contribution in [0.5, 0.6) is 17.4 Å². The second kappa shape index (κ2) is 16.8. The molecule has 1 saturated heterocycles. The van der Waals surface area contributed by atoms with Crippen LogP contribution < -0.4 is 29.6 Å². The van der Waals surface area contributed by atoms with Gasteiger partial charge in [0.05, 0.1) is 31.0 Å². The number of carbonyl (C=O) groups is 4. The number of amides is 4. The third-order valence-corrected chi connectivity index (χ3v) is 15.2. The van der Waals surface area contributed by atoms with E-state index < -0.39 is 68.7 Å². The lowest BCUT2D eigenvalue weighted by Crippen LogP contribution is -2.59. The maximum atomic E-state index is 15.0. The number of pyridine rings is 1. The van der Waals surface area contributed by atoms with Crippen molar-refractivity contribution in [3.05, 3.63) is 36.4 Å². The number of methoxy groups -OCH3 is 1. The fraction of sp³-hybridized carbons (Fsp3) is 0.651. The SMILES string of the molecule is C=C[C@H]1C[C@]1(NC(=O)[C@@H]1C[C@@H]2CN1C(=O)[C@H](C1CCCCC1)NC(=O)O[C@H]1CCC[C@H]1CCCc1cc3c(cc(OCC)nc3cc1OC)O2)C(=O)NS(=O)(=O)C1CC1. The van der Waals surface area contributed by atoms with Gasteiger partial charge in [-0.15, -0.1) is 6.58 Å². The predicted octanol–water partition coefficient (Wildman–Crippen LogP) is 4.84. The third kappa shape index (κ3) is 8.56. The summed E-state index contributed by atoms with van der Waals surface area (Å²) in [6.45, 7) is 6.05. The molecule has 2 aromatic rings. The smallest absolute Gasteiger partial charge is 0.408 e. The van der Waals surface area contributed by atoms with E-state index in [0.29, 0.717) is 48.8 Å². The van der Waals surface area contributed by atoms with Gasteiger partial charge >= 0.3 is 6.09 Å². The highest BCUT2D eigenvalue weighted by molar-refractivity contribution is 7.91. The average molecular weight is 836 g/mol. The van der Waals surface area contributed by atoms with Gasteiger partial charge in [-0.25, -0.2) is 18.2 Å². The van der Waals surface area contributed by atoms with E-state index in [-0.39, 0.29) is 37.3 Å². The molecular weight excluding hydrogens is 779 g/mol. The quantitative estimate of drug-likeness (QED) is 0.278. The molecule has 3 N–H and O–H groups in total. The second-order valence-electron chi connectivity index (χ2n) is 17.3. The summed E-state index contributed by atoms with van der Waals surface area (Å²) in [5, 5.41) is 5.94. The van der Waals surface area contributed by atoms with Crippen LogP contribution in [0.2, 0.25) is 0 Å². The maximum absolute atomic E-state index is 15.0. The Bertz CT molecular complexity index is 2090. The Hall–Kier alpha value is -4.60. The van der Waals surface area contributed by atoms with E-state index in [0.717, 1.165) is 75.2 Å². The minimum Gasteiger partial charge on any atom is -0.496 e. The molecule has 4 saturated carbocycles. The molecule has 8 rings (SSSR count). The van der Waals surface area contributed by atoms with Gasteiger partial charge in [0.1, 0.15) is 41.3 Å². The van der Waals surface area contributed by atoms with Gasteiger partial charge in [-0.2, -0.15) is 0 Å². The van der Waals surface area contributed by atoms with E-state index >= 15 is 4.79 Å². The minimum atomic E-state index is -3.91. The van der Waals surface area contributed by atoms with Crippen LogP contribution in [-0.2, 0) is 35.6 Å². The fourth-order valence-electron chi connectivity index (χ4n) is 9.89. The number of ether oxygens (including phenoxy) is 4. The van der Waals surface area contributed by atoms with Crippen molar-refractivity contribution in [1.82, 2.24) is 25.2 Å². The molecule has 4 amide bonds. The molecule has 0 spiro atoms. The zero-order chi connectivity index (χ0) is 41.5. The number of aryl methyl sites for hydroxylation is 1. The van der Waals surface area contributed by atoms with Gasteiger partial charge in [-0.3, -0.25) is 19.1 Å². The molecule has 320 valence electrons. The Morgan fingerprint density at radius 2 is 1.78 bits per heavy atom. The monoisotopic (exact) mass is 835 g/mol. The van der Waals surface area contributed by atoms with Crippen LogP contribution in [-0.4, -0.2) is 97.5 Å². The van der Waals surface area contributed by atoms with Crippen LogP contribution in [0.25, 0.3) is 10.9 Å². The average Bonchev–Trinajstić information content (AvgIpc) is 4.12. The Labute approximate surface area is 345 Å². The molecule has 1 aromatic carbocycles. The van der Waals surface area contributed by atoms with Gasteiger partial charge in [-0.05, 0) is 101 Å². The number of alkyl carbamates (subject to hydrolysis) is 1. The van der Waals surface area contributed by atoms with E-state index in [1.165, 1.54) is 11.0 Å². The summed E-state index contributed by atoms with van der Waals surface area (Å²) < 4.78 is 52.5. The topological polar surface area (TPSA) is 192 Å². The number of hydrogen-bond donors (Lipinski definition) is 3. The van der Waals surface area contributed by atoms with Crippen molar-refractivity contribution >= 4 is 44.7 Å². The molecule has 16 heteroatoms. The Balaban J connectivity index is 1.17. The number of fused-ring (bicyclic) bond motifs is 4. The second-order valence-corrected chi connectivity index (χ2v) is 19.2. The first-order chi connectivity index (χ1) is 28.4. The van der Waals surface area contributed by atoms with E-state index in [1.54, 1.807) is 13.2 Å². The van der Waals surface area contributed by atoms with Gasteiger partial charge in [-0.1, -0.05) is 25.3 Å². The highest BCUT2D eigenvalue weighted by Gasteiger charge is 2.62. The van der Waals surface area contributed by atoms with E-state index in [1.807, 2.05) is 19.1 Å². The lowest BCUT2D eigenvalue weighted by atomic mass is 9.83. The van der Waals surface area contributed by atoms with E-state index in [9.17, 15) is 22.8 Å². The fourth-order valence-corrected chi connectivity index (χ4v) is 11.3. The number of benzene rings is 1. The molecular formula is C43H57N5O10S. The molecule has 15 nitrogen and oxygen atoms in total. The first kappa shape index (κ1) is 41.1. The van der Waals surface area contributed by atoms with Crippen LogP contribution in [0.15, 0.2) is 30.9 Å². The molecule has 4 bridgehead atoms. The van der Waals surface area contributed by atoms with Gasteiger partial charge < -0.3 is 34.5 Å². The van der Waals surface area contributed by atoms with Gasteiger partial charge in [0, 0.05) is 29.9 Å². The summed E-state index contributed by atoms with van der Waals surface area (Å²) in [5.74, 6) is -0.910. The molecule has 1 aromatic heterocycles. The molecule has 3 heterocycles. The third-order valence-electron chi connectivity index (χ3n) is 13.4. The number of hydrogen-bond acceptors (Lipinski definition) is 11. The number of rotatable bonds is 10. The normalized spacial score (nSPS) is 30.2. The molecule has 5 fully saturated rings. The van der Waals surface area contributed by atoms with E-state index in [2.05, 4.69) is 21.9 Å². The number of sulfonamides is 1. The lowest BCUT2D eigenvalue weighted by Gasteiger charge is -2.35. The van der Waals surface area contributed by atoms with Crippen LogP contribution in [0, 0.1) is 17.8 Å². The van der Waals surface area contributed by atoms with Crippen LogP contribution in [0.3, 0.4) is 0 Å². The summed E-state index contributed by atoms with van der Waals surface area (Å²) >= 11 is 0. The molecule has 6 aliphatic rings. The van der Waals surface area contributed by atoms with Crippen LogP contribution in [0.1, 0.15) is 102 Å². The zero-order valence-electron chi connectivity index (χ0n) is 34.0. The van der Waals surface area contributed by atoms with Gasteiger partial charge in [0.25, 0.3) is 5.91 Å². The molecule has 4 aliphatic carbocycles. The molecule has 0 unspecified atom stereocenters. The van der Waals surface area contributed by atoms with Crippen molar-refractivity contribution in [2.75, 3.05) is 20.3 Å². The van der Waals surface area contributed by atoms with Crippen molar-refractivity contribution in [2.45, 2.75) is 138 Å². The molecule has 2 aliphatic heterocycles. The first-order valence-electron chi connectivity index (χ1n) is 21.5. The van der Waals surface area contributed by atoms with Crippen molar-refractivity contribution in [3.63, 3.8) is 0 Å². The van der Waals surface area contributed by atoms with Gasteiger partial charge in [0.2, 0.25) is 27.7 Å². The highest BCUT2D eigenvalue weighted by atomic mass is 32.2. The highest BCUT2D eigenvalue weighted by Crippen LogP contribution is 2.46. The van der Waals surface area contributed by atoms with Crippen molar-refractivity contribution < 1.29 is 46.5 Å². The predicted molar refractivity (Wildman–Crippen MR) is 217 cm³/mol. The summed E-state index contributed by atoms with van der Waals surface area (Å²) in [4.78, 5) is 63.3. The van der Waals surface area contributed by atoms with E-state index in [4.69, 9.17) is 23.9 Å².